The van der Waals surface area contributed by atoms with Crippen LogP contribution in [-0.4, -0.2) is 38.6 Å². The van der Waals surface area contributed by atoms with Crippen molar-refractivity contribution in [2.75, 3.05) is 31.6 Å². The fourth-order valence-electron chi connectivity index (χ4n) is 2.08. The number of para-hydroxylation sites is 1. The van der Waals surface area contributed by atoms with Crippen molar-refractivity contribution in [2.45, 2.75) is 6.04 Å². The third-order valence-electron chi connectivity index (χ3n) is 2.89. The van der Waals surface area contributed by atoms with Gasteiger partial charge in [-0.1, -0.05) is 23.7 Å². The van der Waals surface area contributed by atoms with Crippen LogP contribution in [0.15, 0.2) is 24.3 Å². The summed E-state index contributed by atoms with van der Waals surface area (Å²) >= 11 is 6.18. The lowest BCUT2D eigenvalue weighted by Gasteiger charge is -2.37. The average Bonchev–Trinajstić information content (AvgIpc) is 2.33. The van der Waals surface area contributed by atoms with Crippen molar-refractivity contribution in [1.82, 2.24) is 10.6 Å². The van der Waals surface area contributed by atoms with Crippen LogP contribution in [0.5, 0.6) is 0 Å². The van der Waals surface area contributed by atoms with Gasteiger partial charge >= 0.3 is 0 Å². The van der Waals surface area contributed by atoms with Gasteiger partial charge in [0.2, 0.25) is 5.91 Å². The summed E-state index contributed by atoms with van der Waals surface area (Å²) in [6, 6.07) is 7.42. The molecule has 1 heterocycles. The largest absolute Gasteiger partial charge is 0.356 e. The number of halogens is 1. The molecule has 0 aliphatic carbocycles. The van der Waals surface area contributed by atoms with E-state index in [9.17, 15) is 4.79 Å². The number of carbonyl (C=O) groups excluding carboxylic acids is 1. The lowest BCUT2D eigenvalue weighted by molar-refractivity contribution is -0.123. The molecule has 0 spiro atoms. The molecule has 1 aliphatic heterocycles. The number of hydrogen-bond acceptors (Lipinski definition) is 3. The van der Waals surface area contributed by atoms with E-state index < -0.39 is 0 Å². The summed E-state index contributed by atoms with van der Waals surface area (Å²) in [4.78, 5) is 13.9. The van der Waals surface area contributed by atoms with Crippen LogP contribution in [0.4, 0.5) is 5.69 Å². The minimum absolute atomic E-state index is 0.0468. The molecule has 1 amide bonds. The average molecular weight is 254 g/mol. The van der Waals surface area contributed by atoms with Crippen LogP contribution in [0.1, 0.15) is 0 Å². The second kappa shape index (κ2) is 5.38. The van der Waals surface area contributed by atoms with Gasteiger partial charge in [-0.3, -0.25) is 4.79 Å². The van der Waals surface area contributed by atoms with Crippen molar-refractivity contribution in [3.05, 3.63) is 29.3 Å². The molecule has 1 atom stereocenters. The maximum atomic E-state index is 11.8. The smallest absolute Gasteiger partial charge is 0.244 e. The Bertz CT molecular complexity index is 410. The van der Waals surface area contributed by atoms with Crippen LogP contribution in [0, 0.1) is 0 Å². The van der Waals surface area contributed by atoms with Gasteiger partial charge in [0.1, 0.15) is 6.04 Å². The summed E-state index contributed by atoms with van der Waals surface area (Å²) in [5.41, 5.74) is 0.921. The Morgan fingerprint density at radius 1 is 1.53 bits per heavy atom. The minimum Gasteiger partial charge on any atom is -0.356 e. The van der Waals surface area contributed by atoms with E-state index >= 15 is 0 Å². The molecule has 2 N–H and O–H groups in total. The van der Waals surface area contributed by atoms with Crippen LogP contribution in [0.2, 0.25) is 5.02 Å². The number of piperazine rings is 1. The van der Waals surface area contributed by atoms with Crippen LogP contribution in [0.25, 0.3) is 0 Å². The summed E-state index contributed by atoms with van der Waals surface area (Å²) in [7, 11) is 1.84. The molecule has 1 aromatic carbocycles. The van der Waals surface area contributed by atoms with E-state index in [1.807, 2.05) is 31.3 Å². The standard InChI is InChI=1S/C12H16ClN3O/c1-14-8-11-12(17)15-6-7-16(11)10-5-3-2-4-9(10)13/h2-5,11,14H,6-8H2,1H3,(H,15,17). The summed E-state index contributed by atoms with van der Waals surface area (Å²) < 4.78 is 0. The van der Waals surface area contributed by atoms with E-state index in [4.69, 9.17) is 11.6 Å². The molecule has 1 aliphatic rings. The molecule has 0 radical (unpaired) electrons. The maximum absolute atomic E-state index is 11.8. The Hall–Kier alpha value is -1.26. The summed E-state index contributed by atoms with van der Waals surface area (Å²) in [5, 5.41) is 6.60. The van der Waals surface area contributed by atoms with Gasteiger partial charge in [-0.2, -0.15) is 0 Å². The van der Waals surface area contributed by atoms with Crippen molar-refractivity contribution >= 4 is 23.2 Å². The normalized spacial score (nSPS) is 20.2. The minimum atomic E-state index is -0.200. The van der Waals surface area contributed by atoms with Gasteiger partial charge < -0.3 is 15.5 Å². The van der Waals surface area contributed by atoms with Crippen molar-refractivity contribution < 1.29 is 4.79 Å². The molecule has 5 heteroatoms. The fourth-order valence-corrected chi connectivity index (χ4v) is 2.33. The highest BCUT2D eigenvalue weighted by Gasteiger charge is 2.29. The Kier molecular flexibility index (Phi) is 3.86. The number of likely N-dealkylation sites (N-methyl/N-ethyl adjacent to an activating group) is 1. The van der Waals surface area contributed by atoms with Crippen molar-refractivity contribution in [2.24, 2.45) is 0 Å². The summed E-state index contributed by atoms with van der Waals surface area (Å²) in [6.45, 7) is 2.04. The first-order valence-corrected chi connectivity index (χ1v) is 6.05. The third kappa shape index (κ3) is 2.53. The molecule has 1 fully saturated rings. The zero-order chi connectivity index (χ0) is 12.3. The molecule has 92 valence electrons. The third-order valence-corrected chi connectivity index (χ3v) is 3.21. The number of hydrogen-bond donors (Lipinski definition) is 2. The highest BCUT2D eigenvalue weighted by Crippen LogP contribution is 2.27. The van der Waals surface area contributed by atoms with E-state index in [1.54, 1.807) is 0 Å². The molecular formula is C12H16ClN3O. The monoisotopic (exact) mass is 253 g/mol. The topological polar surface area (TPSA) is 44.4 Å². The van der Waals surface area contributed by atoms with Crippen molar-refractivity contribution in [3.63, 3.8) is 0 Å². The first kappa shape index (κ1) is 12.2. The summed E-state index contributed by atoms with van der Waals surface area (Å²) in [6.07, 6.45) is 0. The van der Waals surface area contributed by atoms with Gasteiger partial charge in [0.05, 0.1) is 10.7 Å². The van der Waals surface area contributed by atoms with E-state index in [0.29, 0.717) is 18.1 Å². The Labute approximate surface area is 106 Å². The van der Waals surface area contributed by atoms with Gasteiger partial charge in [0, 0.05) is 19.6 Å². The van der Waals surface area contributed by atoms with Crippen LogP contribution in [0.3, 0.4) is 0 Å². The quantitative estimate of drug-likeness (QED) is 0.840. The number of rotatable bonds is 3. The number of nitrogens with zero attached hydrogens (tertiary/aromatic N) is 1. The maximum Gasteiger partial charge on any atom is 0.244 e. The van der Waals surface area contributed by atoms with Gasteiger partial charge in [0.15, 0.2) is 0 Å². The molecule has 1 unspecified atom stereocenters. The fraction of sp³-hybridized carbons (Fsp3) is 0.417. The first-order chi connectivity index (χ1) is 8.24. The van der Waals surface area contributed by atoms with Crippen molar-refractivity contribution in [3.8, 4) is 0 Å². The predicted molar refractivity (Wildman–Crippen MR) is 69.5 cm³/mol. The van der Waals surface area contributed by atoms with Crippen LogP contribution in [-0.2, 0) is 4.79 Å². The first-order valence-electron chi connectivity index (χ1n) is 5.67. The second-order valence-corrected chi connectivity index (χ2v) is 4.42. The van der Waals surface area contributed by atoms with E-state index in [-0.39, 0.29) is 11.9 Å². The zero-order valence-electron chi connectivity index (χ0n) is 9.74. The number of anilines is 1. The van der Waals surface area contributed by atoms with E-state index in [0.717, 1.165) is 12.2 Å². The zero-order valence-corrected chi connectivity index (χ0v) is 10.5. The number of carbonyl (C=O) groups is 1. The van der Waals surface area contributed by atoms with E-state index in [2.05, 4.69) is 15.5 Å². The van der Waals surface area contributed by atoms with Crippen LogP contribution < -0.4 is 15.5 Å². The molecule has 0 bridgehead atoms. The molecule has 4 nitrogen and oxygen atoms in total. The van der Waals surface area contributed by atoms with Gasteiger partial charge in [-0.15, -0.1) is 0 Å². The summed E-state index contributed by atoms with van der Waals surface area (Å²) in [5.74, 6) is 0.0468. The SMILES string of the molecule is CNCC1C(=O)NCCN1c1ccccc1Cl. The van der Waals surface area contributed by atoms with Crippen LogP contribution >= 0.6 is 11.6 Å². The van der Waals surface area contributed by atoms with Gasteiger partial charge in [0.25, 0.3) is 0 Å². The Morgan fingerprint density at radius 2 is 2.29 bits per heavy atom. The number of nitrogens with one attached hydrogen (secondary N) is 2. The predicted octanol–water partition coefficient (Wildman–Crippen LogP) is 0.864. The molecular weight excluding hydrogens is 238 g/mol. The second-order valence-electron chi connectivity index (χ2n) is 4.01. The lowest BCUT2D eigenvalue weighted by Crippen LogP contribution is -2.58. The number of benzene rings is 1. The molecule has 2 rings (SSSR count). The van der Waals surface area contributed by atoms with E-state index in [1.165, 1.54) is 0 Å². The van der Waals surface area contributed by atoms with Crippen molar-refractivity contribution in [1.29, 1.82) is 0 Å². The molecule has 1 aromatic rings. The molecule has 0 aromatic heterocycles. The Balaban J connectivity index is 2.28. The van der Waals surface area contributed by atoms with Gasteiger partial charge in [-0.25, -0.2) is 0 Å². The molecule has 17 heavy (non-hydrogen) atoms. The molecule has 1 saturated heterocycles. The highest BCUT2D eigenvalue weighted by molar-refractivity contribution is 6.33. The molecule has 0 saturated carbocycles. The number of amides is 1. The highest BCUT2D eigenvalue weighted by atomic mass is 35.5. The Morgan fingerprint density at radius 3 is 3.00 bits per heavy atom. The lowest BCUT2D eigenvalue weighted by atomic mass is 10.1. The van der Waals surface area contributed by atoms with Gasteiger partial charge in [-0.05, 0) is 19.2 Å².